The maximum absolute atomic E-state index is 5.19. The molecule has 4 heteroatoms. The summed E-state index contributed by atoms with van der Waals surface area (Å²) < 4.78 is 5.19. The Balaban J connectivity index is 3.14. The van der Waals surface area contributed by atoms with Gasteiger partial charge in [-0.1, -0.05) is 19.6 Å². The maximum atomic E-state index is 5.19. The zero-order chi connectivity index (χ0) is 10.8. The number of pyridine rings is 1. The third-order valence-electron chi connectivity index (χ3n) is 2.10. The first-order chi connectivity index (χ1) is 6.49. The van der Waals surface area contributed by atoms with E-state index in [4.69, 9.17) is 4.74 Å². The number of methoxy groups -OCH3 is 1. The molecule has 0 saturated heterocycles. The SMILES string of the molecule is COc1ncc([Si](C)(C)C)cc1SC. The Morgan fingerprint density at radius 1 is 1.36 bits per heavy atom. The van der Waals surface area contributed by atoms with Crippen molar-refractivity contribution in [2.75, 3.05) is 13.4 Å². The van der Waals surface area contributed by atoms with Crippen LogP contribution in [0.1, 0.15) is 0 Å². The van der Waals surface area contributed by atoms with Gasteiger partial charge in [0.2, 0.25) is 5.88 Å². The van der Waals surface area contributed by atoms with E-state index in [2.05, 4.69) is 30.7 Å². The lowest BCUT2D eigenvalue weighted by Gasteiger charge is -2.17. The molecule has 1 rings (SSSR count). The molecule has 14 heavy (non-hydrogen) atoms. The Kier molecular flexibility index (Phi) is 3.61. The first-order valence-electron chi connectivity index (χ1n) is 4.57. The minimum atomic E-state index is -1.25. The zero-order valence-corrected chi connectivity index (χ0v) is 11.2. The van der Waals surface area contributed by atoms with Gasteiger partial charge in [-0.05, 0) is 17.5 Å². The normalized spacial score (nSPS) is 11.5. The lowest BCUT2D eigenvalue weighted by molar-refractivity contribution is 0.387. The fourth-order valence-corrected chi connectivity index (χ4v) is 2.83. The van der Waals surface area contributed by atoms with Crippen LogP contribution in [0.4, 0.5) is 0 Å². The van der Waals surface area contributed by atoms with Crippen LogP contribution in [0, 0.1) is 0 Å². The molecule has 0 aliphatic carbocycles. The lowest BCUT2D eigenvalue weighted by atomic mass is 10.5. The van der Waals surface area contributed by atoms with Crippen molar-refractivity contribution >= 4 is 25.0 Å². The van der Waals surface area contributed by atoms with Crippen LogP contribution in [0.5, 0.6) is 5.88 Å². The Labute approximate surface area is 91.1 Å². The third-order valence-corrected chi connectivity index (χ3v) is 4.84. The van der Waals surface area contributed by atoms with Gasteiger partial charge in [-0.3, -0.25) is 0 Å². The molecule has 2 nitrogen and oxygen atoms in total. The van der Waals surface area contributed by atoms with E-state index in [0.717, 1.165) is 10.8 Å². The second kappa shape index (κ2) is 4.36. The van der Waals surface area contributed by atoms with Gasteiger partial charge >= 0.3 is 0 Å². The highest BCUT2D eigenvalue weighted by atomic mass is 32.2. The smallest absolute Gasteiger partial charge is 0.227 e. The van der Waals surface area contributed by atoms with Crippen LogP contribution < -0.4 is 9.92 Å². The van der Waals surface area contributed by atoms with Crippen LogP contribution >= 0.6 is 11.8 Å². The van der Waals surface area contributed by atoms with Crippen LogP contribution in [0.15, 0.2) is 17.2 Å². The largest absolute Gasteiger partial charge is 0.480 e. The molecule has 0 atom stereocenters. The lowest BCUT2D eigenvalue weighted by Crippen LogP contribution is -2.37. The number of aromatic nitrogens is 1. The Hall–Kier alpha value is -0.483. The van der Waals surface area contributed by atoms with Crippen LogP contribution in [0.25, 0.3) is 0 Å². The third kappa shape index (κ3) is 2.51. The summed E-state index contributed by atoms with van der Waals surface area (Å²) in [4.78, 5) is 5.46. The molecule has 1 aromatic rings. The van der Waals surface area contributed by atoms with Gasteiger partial charge in [-0.2, -0.15) is 0 Å². The summed E-state index contributed by atoms with van der Waals surface area (Å²) >= 11 is 1.68. The molecule has 0 spiro atoms. The van der Waals surface area contributed by atoms with Gasteiger partial charge in [-0.15, -0.1) is 11.8 Å². The van der Waals surface area contributed by atoms with Gasteiger partial charge in [0, 0.05) is 6.20 Å². The highest BCUT2D eigenvalue weighted by Crippen LogP contribution is 2.24. The van der Waals surface area contributed by atoms with Crippen LogP contribution in [0.3, 0.4) is 0 Å². The van der Waals surface area contributed by atoms with Crippen molar-refractivity contribution in [1.29, 1.82) is 0 Å². The van der Waals surface area contributed by atoms with Crippen molar-refractivity contribution < 1.29 is 4.74 Å². The monoisotopic (exact) mass is 227 g/mol. The summed E-state index contributed by atoms with van der Waals surface area (Å²) in [5.41, 5.74) is 0. The predicted molar refractivity (Wildman–Crippen MR) is 65.6 cm³/mol. The highest BCUT2D eigenvalue weighted by Gasteiger charge is 2.18. The summed E-state index contributed by atoms with van der Waals surface area (Å²) in [6.45, 7) is 6.96. The molecule has 0 aromatic carbocycles. The van der Waals surface area contributed by atoms with E-state index in [1.807, 2.05) is 12.5 Å². The first-order valence-corrected chi connectivity index (χ1v) is 9.30. The van der Waals surface area contributed by atoms with Gasteiger partial charge in [0.15, 0.2) is 0 Å². The molecular weight excluding hydrogens is 210 g/mol. The maximum Gasteiger partial charge on any atom is 0.227 e. The van der Waals surface area contributed by atoms with E-state index in [1.54, 1.807) is 18.9 Å². The van der Waals surface area contributed by atoms with Crippen molar-refractivity contribution in [2.24, 2.45) is 0 Å². The van der Waals surface area contributed by atoms with Crippen LogP contribution in [-0.4, -0.2) is 26.4 Å². The second-order valence-corrected chi connectivity index (χ2v) is 10.1. The average molecular weight is 227 g/mol. The Morgan fingerprint density at radius 3 is 2.43 bits per heavy atom. The molecule has 0 amide bonds. The summed E-state index contributed by atoms with van der Waals surface area (Å²) in [6.07, 6.45) is 4.00. The van der Waals surface area contributed by atoms with Crippen LogP contribution in [-0.2, 0) is 0 Å². The number of rotatable bonds is 3. The summed E-state index contributed by atoms with van der Waals surface area (Å²) in [7, 11) is 0.415. The van der Waals surface area contributed by atoms with Crippen LogP contribution in [0.2, 0.25) is 19.6 Å². The van der Waals surface area contributed by atoms with Crippen molar-refractivity contribution in [3.63, 3.8) is 0 Å². The van der Waals surface area contributed by atoms with E-state index in [1.165, 1.54) is 5.19 Å². The van der Waals surface area contributed by atoms with Gasteiger partial charge in [0.1, 0.15) is 0 Å². The van der Waals surface area contributed by atoms with Gasteiger partial charge < -0.3 is 4.74 Å². The number of hydrogen-bond donors (Lipinski definition) is 0. The average Bonchev–Trinajstić information content (AvgIpc) is 2.15. The Bertz CT molecular complexity index is 322. The number of ether oxygens (including phenoxy) is 1. The minimum absolute atomic E-state index is 0.736. The quantitative estimate of drug-likeness (QED) is 0.584. The molecule has 78 valence electrons. The predicted octanol–water partition coefficient (Wildman–Crippen LogP) is 2.36. The van der Waals surface area contributed by atoms with Crippen molar-refractivity contribution in [2.45, 2.75) is 24.5 Å². The summed E-state index contributed by atoms with van der Waals surface area (Å²) in [6, 6.07) is 2.21. The molecule has 0 saturated carbocycles. The molecule has 0 N–H and O–H groups in total. The number of nitrogens with zero attached hydrogens (tertiary/aromatic N) is 1. The van der Waals surface area contributed by atoms with Gasteiger partial charge in [0.05, 0.1) is 20.1 Å². The molecule has 0 bridgehead atoms. The standard InChI is InChI=1S/C10H17NOSSi/c1-12-10-9(13-2)6-8(7-11-10)14(3,4)5/h6-7H,1-5H3. The van der Waals surface area contributed by atoms with Crippen molar-refractivity contribution in [3.8, 4) is 5.88 Å². The topological polar surface area (TPSA) is 22.1 Å². The molecule has 0 fully saturated rings. The molecule has 0 unspecified atom stereocenters. The van der Waals surface area contributed by atoms with E-state index in [9.17, 15) is 0 Å². The van der Waals surface area contributed by atoms with Crippen molar-refractivity contribution in [3.05, 3.63) is 12.3 Å². The van der Waals surface area contributed by atoms with Gasteiger partial charge in [-0.25, -0.2) is 4.98 Å². The number of hydrogen-bond acceptors (Lipinski definition) is 3. The fraction of sp³-hybridized carbons (Fsp3) is 0.500. The second-order valence-electron chi connectivity index (χ2n) is 4.19. The van der Waals surface area contributed by atoms with E-state index in [0.29, 0.717) is 0 Å². The highest BCUT2D eigenvalue weighted by molar-refractivity contribution is 7.98. The zero-order valence-electron chi connectivity index (χ0n) is 9.42. The summed E-state index contributed by atoms with van der Waals surface area (Å²) in [5.74, 6) is 0.736. The summed E-state index contributed by atoms with van der Waals surface area (Å²) in [5, 5.41) is 1.38. The first kappa shape index (κ1) is 11.6. The molecular formula is C10H17NOSSi. The Morgan fingerprint density at radius 2 is 2.00 bits per heavy atom. The minimum Gasteiger partial charge on any atom is -0.480 e. The van der Waals surface area contributed by atoms with E-state index >= 15 is 0 Å². The molecule has 1 heterocycles. The molecule has 0 aliphatic rings. The number of thioether (sulfide) groups is 1. The van der Waals surface area contributed by atoms with E-state index in [-0.39, 0.29) is 0 Å². The molecule has 0 aliphatic heterocycles. The van der Waals surface area contributed by atoms with Gasteiger partial charge in [0.25, 0.3) is 0 Å². The van der Waals surface area contributed by atoms with E-state index < -0.39 is 8.07 Å². The van der Waals surface area contributed by atoms with Crippen molar-refractivity contribution in [1.82, 2.24) is 4.98 Å². The molecule has 0 radical (unpaired) electrons. The molecule has 1 aromatic heterocycles. The fourth-order valence-electron chi connectivity index (χ4n) is 1.14.